The Morgan fingerprint density at radius 3 is 1.69 bits per heavy atom. The molecule has 1 fully saturated rings. The third kappa shape index (κ3) is 11.1. The molecule has 0 aliphatic carbocycles. The quantitative estimate of drug-likeness (QED) is 0.128. The maximum Gasteiger partial charge on any atom is 0.253 e. The monoisotopic (exact) mass is 760 g/mol. The molecule has 0 saturated carbocycles. The molecular weight excluding hydrogens is 720 g/mol. The fraction of sp³-hybridized carbons (Fsp3) is 0.286. The van der Waals surface area contributed by atoms with Crippen molar-refractivity contribution in [3.63, 3.8) is 0 Å². The lowest BCUT2D eigenvalue weighted by atomic mass is 10.2. The average molecular weight is 761 g/mol. The van der Waals surface area contributed by atoms with E-state index in [1.165, 1.54) is 29.5 Å². The summed E-state index contributed by atoms with van der Waals surface area (Å²) in [6.45, 7) is 3.00. The first-order valence-corrected chi connectivity index (χ1v) is 15.3. The number of amides is 2. The van der Waals surface area contributed by atoms with Gasteiger partial charge in [0.05, 0.1) is 21.3 Å². The summed E-state index contributed by atoms with van der Waals surface area (Å²) in [7, 11) is 6.98. The van der Waals surface area contributed by atoms with Crippen molar-refractivity contribution >= 4 is 34.0 Å². The second-order valence-corrected chi connectivity index (χ2v) is 10.3. The van der Waals surface area contributed by atoms with Gasteiger partial charge in [0.15, 0.2) is 17.4 Å². The largest absolute Gasteiger partial charge is 0.497 e. The normalized spacial score (nSPS) is 11.4. The first-order chi connectivity index (χ1) is 25.4. The van der Waals surface area contributed by atoms with Gasteiger partial charge in [0, 0.05) is 24.6 Å². The fourth-order valence-corrected chi connectivity index (χ4v) is 4.18. The second kappa shape index (κ2) is 21.2. The number of carbonyl (C=O) groups excluding carboxylic acids is 2. The summed E-state index contributed by atoms with van der Waals surface area (Å²) >= 11 is 0. The van der Waals surface area contributed by atoms with Gasteiger partial charge in [-0.1, -0.05) is 46.9 Å². The maximum atomic E-state index is 12.8. The van der Waals surface area contributed by atoms with Crippen LogP contribution in [0.4, 0.5) is 17.6 Å². The molecule has 1 aliphatic rings. The van der Waals surface area contributed by atoms with Crippen molar-refractivity contribution in [1.29, 1.82) is 0 Å². The highest BCUT2D eigenvalue weighted by molar-refractivity contribution is 6.00. The topological polar surface area (TPSA) is 158 Å². The molecule has 3 aromatic heterocycles. The van der Waals surface area contributed by atoms with E-state index in [2.05, 4.69) is 42.1 Å². The van der Waals surface area contributed by atoms with Crippen LogP contribution in [0.15, 0.2) is 66.9 Å². The minimum absolute atomic E-state index is 0. The van der Waals surface area contributed by atoms with Gasteiger partial charge in [0.2, 0.25) is 17.3 Å². The highest BCUT2D eigenvalue weighted by atomic mass is 19.2. The summed E-state index contributed by atoms with van der Waals surface area (Å²) in [5, 5.41) is 15.9. The number of imide groups is 1. The van der Waals surface area contributed by atoms with Gasteiger partial charge in [-0.15, -0.1) is 10.2 Å². The SMILES string of the molecule is C.CON1C(=O)CCC1=O.COc1c(F)c(F)c(C)c(F)c1F.COc1ccc(C)cc1.COn1nnc2ccccc21.COn1nnc2cccnc21. The molecule has 2 amide bonds. The highest BCUT2D eigenvalue weighted by Crippen LogP contribution is 2.28. The Bertz CT molecular complexity index is 1990. The van der Waals surface area contributed by atoms with Crippen LogP contribution in [-0.2, 0) is 14.4 Å². The van der Waals surface area contributed by atoms with Crippen LogP contribution in [0, 0.1) is 37.1 Å². The van der Waals surface area contributed by atoms with Crippen molar-refractivity contribution < 1.29 is 51.1 Å². The molecule has 0 N–H and O–H groups in total. The standard InChI is InChI=1S/C8H6F4O.C8H10O.C7H7N3O.C6H6N4O.C5H7NO3.CH4/c1-3-4(9)6(11)8(13-2)7(12)5(3)10;1-7-3-5-8(9-2)6-4-7;1-11-10-7-5-3-2-4-6(7)8-9-10;1-11-10-6-5(8-9-10)3-2-4-7-6;1-9-6-4(7)2-3-5(6)8;/h1-2H3;3-6H,1-2H3;2-5H,1H3;2-4H,1H3;2-3H2,1H3;1H4. The molecule has 4 heterocycles. The molecule has 0 spiro atoms. The third-order valence-electron chi connectivity index (χ3n) is 6.94. The number of ether oxygens (including phenoxy) is 2. The third-order valence-corrected chi connectivity index (χ3v) is 6.94. The number of hydroxylamine groups is 2. The molecule has 290 valence electrons. The molecule has 54 heavy (non-hydrogen) atoms. The van der Waals surface area contributed by atoms with Crippen LogP contribution in [0.2, 0.25) is 0 Å². The zero-order valence-corrected chi connectivity index (χ0v) is 29.7. The molecule has 0 unspecified atom stereocenters. The number of carbonyl (C=O) groups is 2. The minimum Gasteiger partial charge on any atom is -0.497 e. The Morgan fingerprint density at radius 1 is 0.630 bits per heavy atom. The number of aromatic nitrogens is 7. The summed E-state index contributed by atoms with van der Waals surface area (Å²) in [6.07, 6.45) is 2.24. The van der Waals surface area contributed by atoms with E-state index in [1.54, 1.807) is 26.5 Å². The van der Waals surface area contributed by atoms with Gasteiger partial charge in [-0.25, -0.2) is 13.8 Å². The summed E-state index contributed by atoms with van der Waals surface area (Å²) in [5.74, 6) is -6.52. The number of benzene rings is 3. The van der Waals surface area contributed by atoms with Gasteiger partial charge in [0.25, 0.3) is 11.8 Å². The zero-order valence-electron chi connectivity index (χ0n) is 29.7. The van der Waals surface area contributed by atoms with Crippen molar-refractivity contribution in [3.05, 3.63) is 101 Å². The van der Waals surface area contributed by atoms with E-state index >= 15 is 0 Å². The zero-order chi connectivity index (χ0) is 39.1. The van der Waals surface area contributed by atoms with Gasteiger partial charge >= 0.3 is 0 Å². The average Bonchev–Trinajstić information content (AvgIpc) is 3.90. The molecule has 19 heteroatoms. The summed E-state index contributed by atoms with van der Waals surface area (Å²) in [5.41, 5.74) is 3.65. The van der Waals surface area contributed by atoms with Crippen LogP contribution in [0.25, 0.3) is 22.2 Å². The van der Waals surface area contributed by atoms with Crippen LogP contribution < -0.4 is 19.1 Å². The van der Waals surface area contributed by atoms with E-state index in [4.69, 9.17) is 14.4 Å². The van der Waals surface area contributed by atoms with Crippen LogP contribution >= 0.6 is 0 Å². The van der Waals surface area contributed by atoms with Crippen molar-refractivity contribution in [1.82, 2.24) is 40.4 Å². The fourth-order valence-electron chi connectivity index (χ4n) is 4.18. The lowest BCUT2D eigenvalue weighted by Crippen LogP contribution is -2.27. The number of halogens is 4. The van der Waals surface area contributed by atoms with Crippen LogP contribution in [0.3, 0.4) is 0 Å². The summed E-state index contributed by atoms with van der Waals surface area (Å²) in [4.78, 5) is 42.1. The van der Waals surface area contributed by atoms with E-state index in [0.29, 0.717) is 5.65 Å². The molecule has 6 aromatic rings. The molecule has 1 saturated heterocycles. The number of hydrogen-bond donors (Lipinski definition) is 0. The Balaban J connectivity index is 0.000000234. The van der Waals surface area contributed by atoms with E-state index in [1.807, 2.05) is 54.6 Å². The van der Waals surface area contributed by atoms with Gasteiger partial charge in [-0.2, -0.15) is 13.8 Å². The van der Waals surface area contributed by atoms with E-state index < -0.39 is 34.6 Å². The first kappa shape index (κ1) is 43.8. The molecular formula is C35H40F4N8O7. The van der Waals surface area contributed by atoms with Crippen LogP contribution in [0.5, 0.6) is 11.5 Å². The van der Waals surface area contributed by atoms with Gasteiger partial charge in [-0.3, -0.25) is 14.4 Å². The number of pyridine rings is 1. The van der Waals surface area contributed by atoms with Crippen molar-refractivity contribution in [2.45, 2.75) is 34.1 Å². The van der Waals surface area contributed by atoms with Gasteiger partial charge in [-0.05, 0) is 60.7 Å². The Morgan fingerprint density at radius 2 is 1.17 bits per heavy atom. The summed E-state index contributed by atoms with van der Waals surface area (Å²) in [6, 6.07) is 19.2. The molecule has 3 aromatic carbocycles. The van der Waals surface area contributed by atoms with Crippen LogP contribution in [0.1, 0.15) is 31.4 Å². The van der Waals surface area contributed by atoms with Crippen molar-refractivity contribution in [2.75, 3.05) is 35.5 Å². The van der Waals surface area contributed by atoms with Crippen molar-refractivity contribution in [2.24, 2.45) is 0 Å². The Kier molecular flexibility index (Phi) is 17.2. The van der Waals surface area contributed by atoms with Gasteiger partial charge < -0.3 is 19.1 Å². The minimum atomic E-state index is -1.51. The number of nitrogens with zero attached hydrogens (tertiary/aromatic N) is 8. The molecule has 0 atom stereocenters. The predicted octanol–water partition coefficient (Wildman–Crippen LogP) is 5.27. The van der Waals surface area contributed by atoms with Gasteiger partial charge in [0.1, 0.15) is 36.5 Å². The number of aryl methyl sites for hydroxylation is 1. The first-order valence-electron chi connectivity index (χ1n) is 15.3. The highest BCUT2D eigenvalue weighted by Gasteiger charge is 2.29. The molecule has 15 nitrogen and oxygen atoms in total. The Labute approximate surface area is 307 Å². The van der Waals surface area contributed by atoms with Crippen molar-refractivity contribution in [3.8, 4) is 11.5 Å². The lowest BCUT2D eigenvalue weighted by Gasteiger charge is -2.07. The smallest absolute Gasteiger partial charge is 0.253 e. The Hall–Kier alpha value is -6.37. The number of rotatable bonds is 5. The molecule has 7 rings (SSSR count). The predicted molar refractivity (Wildman–Crippen MR) is 188 cm³/mol. The van der Waals surface area contributed by atoms with E-state index in [-0.39, 0.29) is 32.1 Å². The summed E-state index contributed by atoms with van der Waals surface area (Å²) < 4.78 is 60.2. The van der Waals surface area contributed by atoms with E-state index in [0.717, 1.165) is 41.4 Å². The number of methoxy groups -OCH3 is 2. The molecule has 1 aliphatic heterocycles. The number of para-hydroxylation sites is 1. The molecule has 0 radical (unpaired) electrons. The lowest BCUT2D eigenvalue weighted by molar-refractivity contribution is -0.179. The molecule has 0 bridgehead atoms. The number of fused-ring (bicyclic) bond motifs is 2. The van der Waals surface area contributed by atoms with E-state index in [9.17, 15) is 27.2 Å². The second-order valence-electron chi connectivity index (χ2n) is 10.3. The maximum absolute atomic E-state index is 12.8. The number of hydrogen-bond acceptors (Lipinski definition) is 12. The van der Waals surface area contributed by atoms with Crippen LogP contribution in [-0.4, -0.2) is 87.7 Å².